The number of benzene rings is 2. The van der Waals surface area contributed by atoms with Crippen LogP contribution < -0.4 is 0 Å². The van der Waals surface area contributed by atoms with Crippen molar-refractivity contribution in [3.63, 3.8) is 0 Å². The van der Waals surface area contributed by atoms with Gasteiger partial charge in [0.15, 0.2) is 0 Å². The molecule has 4 rings (SSSR count). The molecule has 1 aromatic heterocycles. The Morgan fingerprint density at radius 1 is 1.08 bits per heavy atom. The van der Waals surface area contributed by atoms with E-state index >= 15 is 0 Å². The second-order valence-corrected chi connectivity index (χ2v) is 7.70. The fourth-order valence-corrected chi connectivity index (χ4v) is 4.62. The van der Waals surface area contributed by atoms with E-state index in [1.165, 1.54) is 4.31 Å². The molecular formula is C17H14F2N2O2S. The lowest BCUT2D eigenvalue weighted by Crippen LogP contribution is -2.36. The molecule has 0 aliphatic carbocycles. The van der Waals surface area contributed by atoms with Crippen LogP contribution in [0.1, 0.15) is 11.3 Å². The van der Waals surface area contributed by atoms with Crippen LogP contribution in [0.15, 0.2) is 47.4 Å². The number of rotatable bonds is 2. The summed E-state index contributed by atoms with van der Waals surface area (Å²) < 4.78 is 53.7. The fraction of sp³-hybridized carbons (Fsp3) is 0.176. The molecule has 4 nitrogen and oxygen atoms in total. The highest BCUT2D eigenvalue weighted by Gasteiger charge is 2.32. The Morgan fingerprint density at radius 3 is 2.67 bits per heavy atom. The predicted octanol–water partition coefficient (Wildman–Crippen LogP) is 3.19. The van der Waals surface area contributed by atoms with Gasteiger partial charge >= 0.3 is 0 Å². The van der Waals surface area contributed by atoms with Gasteiger partial charge in [0.05, 0.1) is 0 Å². The molecule has 0 saturated heterocycles. The zero-order valence-electron chi connectivity index (χ0n) is 12.6. The van der Waals surface area contributed by atoms with Gasteiger partial charge in [-0.05, 0) is 23.8 Å². The van der Waals surface area contributed by atoms with Gasteiger partial charge in [-0.25, -0.2) is 17.2 Å². The van der Waals surface area contributed by atoms with Crippen molar-refractivity contribution >= 4 is 20.9 Å². The van der Waals surface area contributed by atoms with Crippen LogP contribution in [-0.4, -0.2) is 24.3 Å². The third-order valence-electron chi connectivity index (χ3n) is 4.36. The van der Waals surface area contributed by atoms with E-state index in [4.69, 9.17) is 0 Å². The Bertz CT molecular complexity index is 1040. The molecule has 0 saturated carbocycles. The van der Waals surface area contributed by atoms with Crippen molar-refractivity contribution in [2.24, 2.45) is 0 Å². The molecular weight excluding hydrogens is 334 g/mol. The van der Waals surface area contributed by atoms with E-state index in [1.807, 2.05) is 24.3 Å². The quantitative estimate of drug-likeness (QED) is 0.773. The summed E-state index contributed by atoms with van der Waals surface area (Å²) in [6.07, 6.45) is 0.520. The van der Waals surface area contributed by atoms with E-state index in [9.17, 15) is 17.2 Å². The van der Waals surface area contributed by atoms with Gasteiger partial charge in [0.2, 0.25) is 10.0 Å². The first kappa shape index (κ1) is 15.3. The van der Waals surface area contributed by atoms with E-state index in [1.54, 1.807) is 0 Å². The smallest absolute Gasteiger partial charge is 0.246 e. The number of fused-ring (bicyclic) bond motifs is 3. The minimum atomic E-state index is -4.02. The lowest BCUT2D eigenvalue weighted by molar-refractivity contribution is 0.388. The molecule has 7 heteroatoms. The number of halogens is 2. The lowest BCUT2D eigenvalue weighted by Gasteiger charge is -2.26. The number of para-hydroxylation sites is 1. The standard InChI is InChI=1S/C17H14F2N2O2S/c18-11-5-6-17(14(19)9-11)24(22,23)21-8-7-16-13(10-21)12-3-1-2-4-15(12)20-16/h1-6,9,20H,7-8,10H2. The molecule has 0 bridgehead atoms. The van der Waals surface area contributed by atoms with Crippen LogP contribution in [0.2, 0.25) is 0 Å². The van der Waals surface area contributed by atoms with Gasteiger partial charge in [-0.2, -0.15) is 4.31 Å². The summed E-state index contributed by atoms with van der Waals surface area (Å²) in [6.45, 7) is 0.414. The fourth-order valence-electron chi connectivity index (χ4n) is 3.17. The summed E-state index contributed by atoms with van der Waals surface area (Å²) in [4.78, 5) is 2.81. The molecule has 1 aliphatic rings. The molecule has 2 heterocycles. The van der Waals surface area contributed by atoms with E-state index in [0.717, 1.165) is 34.3 Å². The van der Waals surface area contributed by atoms with E-state index in [0.29, 0.717) is 12.5 Å². The maximum Gasteiger partial charge on any atom is 0.246 e. The van der Waals surface area contributed by atoms with Crippen LogP contribution in [0.4, 0.5) is 8.78 Å². The Labute approximate surface area is 137 Å². The number of hydrogen-bond acceptors (Lipinski definition) is 2. The number of sulfonamides is 1. The number of nitrogens with one attached hydrogen (secondary N) is 1. The summed E-state index contributed by atoms with van der Waals surface area (Å²) in [5.74, 6) is -1.87. The average Bonchev–Trinajstić information content (AvgIpc) is 2.92. The van der Waals surface area contributed by atoms with Crippen molar-refractivity contribution in [3.8, 4) is 0 Å². The first-order valence-corrected chi connectivity index (χ1v) is 8.94. The number of H-pyrrole nitrogens is 1. The van der Waals surface area contributed by atoms with Crippen LogP contribution in [0.5, 0.6) is 0 Å². The number of hydrogen-bond donors (Lipinski definition) is 1. The zero-order chi connectivity index (χ0) is 16.9. The van der Waals surface area contributed by atoms with E-state index in [2.05, 4.69) is 4.98 Å². The van der Waals surface area contributed by atoms with Crippen molar-refractivity contribution in [1.29, 1.82) is 0 Å². The third kappa shape index (κ3) is 2.32. The molecule has 124 valence electrons. The Hall–Kier alpha value is -2.25. The Balaban J connectivity index is 1.76. The average molecular weight is 348 g/mol. The van der Waals surface area contributed by atoms with Crippen molar-refractivity contribution < 1.29 is 17.2 Å². The summed E-state index contributed by atoms with van der Waals surface area (Å²) >= 11 is 0. The largest absolute Gasteiger partial charge is 0.358 e. The summed E-state index contributed by atoms with van der Waals surface area (Å²) in [5.41, 5.74) is 2.86. The van der Waals surface area contributed by atoms with Crippen LogP contribution >= 0.6 is 0 Å². The molecule has 1 aliphatic heterocycles. The second-order valence-electron chi connectivity index (χ2n) is 5.79. The van der Waals surface area contributed by atoms with E-state index in [-0.39, 0.29) is 13.1 Å². The van der Waals surface area contributed by atoms with Gasteiger partial charge in [0.1, 0.15) is 16.5 Å². The first-order chi connectivity index (χ1) is 11.5. The Kier molecular flexibility index (Phi) is 3.43. The highest BCUT2D eigenvalue weighted by atomic mass is 32.2. The van der Waals surface area contributed by atoms with Crippen LogP contribution in [-0.2, 0) is 23.0 Å². The lowest BCUT2D eigenvalue weighted by atomic mass is 10.1. The van der Waals surface area contributed by atoms with Gasteiger partial charge in [0.25, 0.3) is 0 Å². The maximum atomic E-state index is 13.9. The van der Waals surface area contributed by atoms with Crippen LogP contribution in [0.25, 0.3) is 10.9 Å². The minimum absolute atomic E-state index is 0.165. The van der Waals surface area contributed by atoms with Gasteiger partial charge in [-0.3, -0.25) is 0 Å². The molecule has 0 spiro atoms. The molecule has 1 N–H and O–H groups in total. The van der Waals surface area contributed by atoms with Crippen molar-refractivity contribution in [2.45, 2.75) is 17.9 Å². The van der Waals surface area contributed by atoms with E-state index < -0.39 is 26.6 Å². The molecule has 3 aromatic rings. The van der Waals surface area contributed by atoms with Gasteiger partial charge in [0, 0.05) is 42.2 Å². The monoisotopic (exact) mass is 348 g/mol. The molecule has 0 unspecified atom stereocenters. The zero-order valence-corrected chi connectivity index (χ0v) is 13.4. The van der Waals surface area contributed by atoms with Crippen molar-refractivity contribution in [2.75, 3.05) is 6.54 Å². The molecule has 24 heavy (non-hydrogen) atoms. The predicted molar refractivity (Wildman–Crippen MR) is 86.0 cm³/mol. The van der Waals surface area contributed by atoms with Gasteiger partial charge in [-0.1, -0.05) is 18.2 Å². The first-order valence-electron chi connectivity index (χ1n) is 7.50. The highest BCUT2D eigenvalue weighted by molar-refractivity contribution is 7.89. The normalized spacial score (nSPS) is 15.6. The molecule has 2 aromatic carbocycles. The van der Waals surface area contributed by atoms with Gasteiger partial charge in [-0.15, -0.1) is 0 Å². The van der Waals surface area contributed by atoms with Crippen LogP contribution in [0.3, 0.4) is 0 Å². The van der Waals surface area contributed by atoms with Gasteiger partial charge < -0.3 is 4.98 Å². The third-order valence-corrected chi connectivity index (χ3v) is 6.24. The van der Waals surface area contributed by atoms with Crippen molar-refractivity contribution in [3.05, 3.63) is 65.4 Å². The number of nitrogens with zero attached hydrogens (tertiary/aromatic N) is 1. The molecule has 0 amide bonds. The highest BCUT2D eigenvalue weighted by Crippen LogP contribution is 2.31. The number of aromatic amines is 1. The summed E-state index contributed by atoms with van der Waals surface area (Å²) in [5, 5.41) is 0.965. The maximum absolute atomic E-state index is 13.9. The Morgan fingerprint density at radius 2 is 1.88 bits per heavy atom. The van der Waals surface area contributed by atoms with Crippen LogP contribution in [0, 0.1) is 11.6 Å². The topological polar surface area (TPSA) is 53.2 Å². The summed E-state index contributed by atoms with van der Waals surface area (Å²) in [6, 6.07) is 10.2. The SMILES string of the molecule is O=S(=O)(c1ccc(F)cc1F)N1CCc2[nH]c3ccccc3c2C1. The molecule has 0 atom stereocenters. The minimum Gasteiger partial charge on any atom is -0.358 e. The molecule has 0 radical (unpaired) electrons. The van der Waals surface area contributed by atoms with Crippen molar-refractivity contribution in [1.82, 2.24) is 9.29 Å². The summed E-state index contributed by atoms with van der Waals surface area (Å²) in [7, 11) is -4.02. The second kappa shape index (κ2) is 5.39. The number of aromatic nitrogens is 1. The molecule has 0 fully saturated rings.